The second-order valence-corrected chi connectivity index (χ2v) is 5.08. The van der Waals surface area contributed by atoms with Crippen LogP contribution >= 0.6 is 0 Å². The third-order valence-corrected chi connectivity index (χ3v) is 3.63. The number of aliphatic carboxylic acids is 1. The minimum atomic E-state index is -0.764. The molecule has 0 fully saturated rings. The van der Waals surface area contributed by atoms with Crippen LogP contribution in [0.5, 0.6) is 5.75 Å². The SMILES string of the molecule is COc1ccc(CC(CCc2nccn2C)C(=O)O)cc1. The maximum Gasteiger partial charge on any atom is 0.306 e. The van der Waals surface area contributed by atoms with Gasteiger partial charge in [0, 0.05) is 25.9 Å². The van der Waals surface area contributed by atoms with Crippen molar-refractivity contribution in [2.24, 2.45) is 13.0 Å². The number of hydrogen-bond acceptors (Lipinski definition) is 3. The minimum Gasteiger partial charge on any atom is -0.497 e. The van der Waals surface area contributed by atoms with Crippen LogP contribution in [0.2, 0.25) is 0 Å². The molecule has 2 aromatic rings. The normalized spacial score (nSPS) is 12.1. The molecule has 1 heterocycles. The average Bonchev–Trinajstić information content (AvgIpc) is 2.89. The van der Waals surface area contributed by atoms with E-state index in [1.807, 2.05) is 42.1 Å². The van der Waals surface area contributed by atoms with Gasteiger partial charge in [-0.3, -0.25) is 4.79 Å². The molecule has 0 spiro atoms. The van der Waals surface area contributed by atoms with Gasteiger partial charge in [0.1, 0.15) is 11.6 Å². The number of carboxylic acid groups (broad SMARTS) is 1. The third kappa shape index (κ3) is 4.08. The van der Waals surface area contributed by atoms with Crippen molar-refractivity contribution in [2.75, 3.05) is 7.11 Å². The Morgan fingerprint density at radius 3 is 2.62 bits per heavy atom. The summed E-state index contributed by atoms with van der Waals surface area (Å²) in [4.78, 5) is 15.6. The molecule has 112 valence electrons. The van der Waals surface area contributed by atoms with Crippen LogP contribution in [0.15, 0.2) is 36.7 Å². The molecule has 0 saturated heterocycles. The second-order valence-electron chi connectivity index (χ2n) is 5.08. The highest BCUT2D eigenvalue weighted by atomic mass is 16.5. The first kappa shape index (κ1) is 15.1. The summed E-state index contributed by atoms with van der Waals surface area (Å²) in [5, 5.41) is 9.38. The van der Waals surface area contributed by atoms with Crippen molar-refractivity contribution < 1.29 is 14.6 Å². The minimum absolute atomic E-state index is 0.407. The zero-order chi connectivity index (χ0) is 15.2. The van der Waals surface area contributed by atoms with Gasteiger partial charge >= 0.3 is 5.97 Å². The number of aromatic nitrogens is 2. The number of benzene rings is 1. The molecule has 21 heavy (non-hydrogen) atoms. The van der Waals surface area contributed by atoms with Crippen LogP contribution in [-0.2, 0) is 24.7 Å². The molecule has 0 amide bonds. The highest BCUT2D eigenvalue weighted by Crippen LogP contribution is 2.18. The topological polar surface area (TPSA) is 64.4 Å². The molecule has 0 bridgehead atoms. The maximum atomic E-state index is 11.4. The molecule has 1 atom stereocenters. The molecule has 1 unspecified atom stereocenters. The van der Waals surface area contributed by atoms with E-state index in [-0.39, 0.29) is 0 Å². The highest BCUT2D eigenvalue weighted by Gasteiger charge is 2.18. The first-order valence-electron chi connectivity index (χ1n) is 6.92. The molecular weight excluding hydrogens is 268 g/mol. The lowest BCUT2D eigenvalue weighted by atomic mass is 9.94. The van der Waals surface area contributed by atoms with E-state index in [0.29, 0.717) is 19.3 Å². The zero-order valence-corrected chi connectivity index (χ0v) is 12.3. The number of nitrogens with zero attached hydrogens (tertiary/aromatic N) is 2. The molecule has 0 aliphatic rings. The smallest absolute Gasteiger partial charge is 0.306 e. The number of rotatable bonds is 7. The molecule has 5 nitrogen and oxygen atoms in total. The Balaban J connectivity index is 1.98. The van der Waals surface area contributed by atoms with Gasteiger partial charge in [0.2, 0.25) is 0 Å². The van der Waals surface area contributed by atoms with Gasteiger partial charge in [0.05, 0.1) is 13.0 Å². The number of carboxylic acids is 1. The van der Waals surface area contributed by atoms with Crippen molar-refractivity contribution in [3.63, 3.8) is 0 Å². The molecule has 1 N–H and O–H groups in total. The van der Waals surface area contributed by atoms with E-state index >= 15 is 0 Å². The molecule has 1 aromatic carbocycles. The van der Waals surface area contributed by atoms with E-state index in [0.717, 1.165) is 17.1 Å². The summed E-state index contributed by atoms with van der Waals surface area (Å²) in [5.41, 5.74) is 1.00. The summed E-state index contributed by atoms with van der Waals surface area (Å²) in [6.45, 7) is 0. The number of aryl methyl sites for hydroxylation is 2. The molecule has 0 aliphatic carbocycles. The second kappa shape index (κ2) is 6.92. The van der Waals surface area contributed by atoms with Crippen molar-refractivity contribution in [2.45, 2.75) is 19.3 Å². The fourth-order valence-electron chi connectivity index (χ4n) is 2.30. The van der Waals surface area contributed by atoms with Gasteiger partial charge in [-0.15, -0.1) is 0 Å². The molecule has 1 aromatic heterocycles. The van der Waals surface area contributed by atoms with Crippen LogP contribution in [0.4, 0.5) is 0 Å². The highest BCUT2D eigenvalue weighted by molar-refractivity contribution is 5.70. The lowest BCUT2D eigenvalue weighted by Gasteiger charge is -2.12. The van der Waals surface area contributed by atoms with Gasteiger partial charge in [-0.2, -0.15) is 0 Å². The van der Waals surface area contributed by atoms with Crippen LogP contribution < -0.4 is 4.74 Å². The van der Waals surface area contributed by atoms with Gasteiger partial charge < -0.3 is 14.4 Å². The largest absolute Gasteiger partial charge is 0.497 e. The summed E-state index contributed by atoms with van der Waals surface area (Å²) < 4.78 is 7.03. The summed E-state index contributed by atoms with van der Waals surface area (Å²) in [7, 11) is 3.53. The molecule has 0 radical (unpaired) electrons. The number of imidazole rings is 1. The molecular formula is C16H20N2O3. The first-order valence-corrected chi connectivity index (χ1v) is 6.92. The lowest BCUT2D eigenvalue weighted by molar-refractivity contribution is -0.141. The predicted molar refractivity (Wildman–Crippen MR) is 79.4 cm³/mol. The molecule has 0 saturated carbocycles. The fourth-order valence-corrected chi connectivity index (χ4v) is 2.30. The number of ether oxygens (including phenoxy) is 1. The van der Waals surface area contributed by atoms with Crippen LogP contribution in [-0.4, -0.2) is 27.7 Å². The van der Waals surface area contributed by atoms with E-state index in [2.05, 4.69) is 4.98 Å². The van der Waals surface area contributed by atoms with Gasteiger partial charge in [0.15, 0.2) is 0 Å². The van der Waals surface area contributed by atoms with Crippen LogP contribution in [0.3, 0.4) is 0 Å². The van der Waals surface area contributed by atoms with E-state index in [4.69, 9.17) is 4.74 Å². The summed E-state index contributed by atoms with van der Waals surface area (Å²) >= 11 is 0. The van der Waals surface area contributed by atoms with Gasteiger partial charge in [-0.1, -0.05) is 12.1 Å². The molecule has 2 rings (SSSR count). The summed E-state index contributed by atoms with van der Waals surface area (Å²) in [6, 6.07) is 7.53. The first-order chi connectivity index (χ1) is 10.1. The van der Waals surface area contributed by atoms with E-state index in [1.54, 1.807) is 13.3 Å². The lowest BCUT2D eigenvalue weighted by Crippen LogP contribution is -2.18. The molecule has 5 heteroatoms. The summed E-state index contributed by atoms with van der Waals surface area (Å²) in [6.07, 6.45) is 5.36. The average molecular weight is 288 g/mol. The fraction of sp³-hybridized carbons (Fsp3) is 0.375. The maximum absolute atomic E-state index is 11.4. The standard InChI is InChI=1S/C16H20N2O3/c1-18-10-9-17-15(18)8-5-13(16(19)20)11-12-3-6-14(21-2)7-4-12/h3-4,6-7,9-10,13H,5,8,11H2,1-2H3,(H,19,20). The quantitative estimate of drug-likeness (QED) is 0.849. The van der Waals surface area contributed by atoms with E-state index in [9.17, 15) is 9.90 Å². The Morgan fingerprint density at radius 2 is 2.10 bits per heavy atom. The Morgan fingerprint density at radius 1 is 1.38 bits per heavy atom. The summed E-state index contributed by atoms with van der Waals surface area (Å²) in [5.74, 6) is 0.518. The van der Waals surface area contributed by atoms with Crippen molar-refractivity contribution in [1.82, 2.24) is 9.55 Å². The third-order valence-electron chi connectivity index (χ3n) is 3.63. The van der Waals surface area contributed by atoms with Crippen molar-refractivity contribution in [3.05, 3.63) is 48.0 Å². The zero-order valence-electron chi connectivity index (χ0n) is 12.3. The van der Waals surface area contributed by atoms with Crippen molar-refractivity contribution in [3.8, 4) is 5.75 Å². The van der Waals surface area contributed by atoms with E-state index < -0.39 is 11.9 Å². The Kier molecular flexibility index (Phi) is 4.98. The Hall–Kier alpha value is -2.30. The van der Waals surface area contributed by atoms with Gasteiger partial charge in [-0.05, 0) is 30.5 Å². The van der Waals surface area contributed by atoms with E-state index in [1.165, 1.54) is 0 Å². The Bertz CT molecular complexity index is 590. The molecule has 0 aliphatic heterocycles. The van der Waals surface area contributed by atoms with Crippen LogP contribution in [0.25, 0.3) is 0 Å². The Labute approximate surface area is 124 Å². The van der Waals surface area contributed by atoms with Crippen LogP contribution in [0, 0.1) is 5.92 Å². The predicted octanol–water partition coefficient (Wildman–Crippen LogP) is 2.30. The van der Waals surface area contributed by atoms with Crippen molar-refractivity contribution >= 4 is 5.97 Å². The number of hydrogen-bond donors (Lipinski definition) is 1. The number of carbonyl (C=O) groups is 1. The van der Waals surface area contributed by atoms with Gasteiger partial charge in [-0.25, -0.2) is 4.98 Å². The van der Waals surface area contributed by atoms with Crippen LogP contribution in [0.1, 0.15) is 17.8 Å². The monoisotopic (exact) mass is 288 g/mol. The van der Waals surface area contributed by atoms with Gasteiger partial charge in [0.25, 0.3) is 0 Å². The number of methoxy groups -OCH3 is 1. The van der Waals surface area contributed by atoms with Crippen molar-refractivity contribution in [1.29, 1.82) is 0 Å².